The van der Waals surface area contributed by atoms with Crippen molar-refractivity contribution in [1.29, 1.82) is 0 Å². The minimum atomic E-state index is -4.46. The van der Waals surface area contributed by atoms with Gasteiger partial charge < -0.3 is 14.3 Å². The first-order valence-corrected chi connectivity index (χ1v) is 10.9. The highest BCUT2D eigenvalue weighted by atomic mass is 32.2. The van der Waals surface area contributed by atoms with Gasteiger partial charge in [0.15, 0.2) is 6.61 Å². The third kappa shape index (κ3) is 5.90. The van der Waals surface area contributed by atoms with Crippen molar-refractivity contribution in [2.75, 3.05) is 6.61 Å². The maximum absolute atomic E-state index is 12.7. The number of rotatable bonds is 8. The number of hydrogen-bond acceptors (Lipinski definition) is 6. The Morgan fingerprint density at radius 1 is 1.15 bits per heavy atom. The summed E-state index contributed by atoms with van der Waals surface area (Å²) < 4.78 is 76.4. The number of nitrogens with zero attached hydrogens (tertiary/aromatic N) is 1. The summed E-state index contributed by atoms with van der Waals surface area (Å²) in [6, 6.07) is 8.22. The molecule has 0 saturated carbocycles. The lowest BCUT2D eigenvalue weighted by molar-refractivity contribution is -0.139. The van der Waals surface area contributed by atoms with Crippen LogP contribution in [0, 0.1) is 13.8 Å². The van der Waals surface area contributed by atoms with Crippen LogP contribution in [0.1, 0.15) is 22.6 Å². The van der Waals surface area contributed by atoms with Gasteiger partial charge in [0.25, 0.3) is 0 Å². The summed E-state index contributed by atoms with van der Waals surface area (Å²) in [5, 5.41) is 8.68. The molecule has 2 N–H and O–H groups in total. The van der Waals surface area contributed by atoms with Gasteiger partial charge in [-0.25, -0.2) is 22.9 Å². The number of sulfonamides is 1. The molecule has 0 aliphatic rings. The van der Waals surface area contributed by atoms with E-state index in [1.54, 1.807) is 13.8 Å². The first kappa shape index (κ1) is 24.3. The molecule has 1 aromatic heterocycles. The number of nitrogens with one attached hydrogen (secondary N) is 1. The van der Waals surface area contributed by atoms with Gasteiger partial charge >= 0.3 is 12.1 Å². The van der Waals surface area contributed by atoms with Gasteiger partial charge in [0.2, 0.25) is 15.9 Å². The van der Waals surface area contributed by atoms with E-state index in [1.807, 2.05) is 0 Å². The van der Waals surface area contributed by atoms with Gasteiger partial charge in [-0.05, 0) is 61.9 Å². The van der Waals surface area contributed by atoms with Crippen LogP contribution in [0.3, 0.4) is 0 Å². The number of aromatic nitrogens is 1. The minimum absolute atomic E-state index is 0.0613. The number of benzene rings is 2. The van der Waals surface area contributed by atoms with E-state index in [2.05, 4.69) is 9.71 Å². The van der Waals surface area contributed by atoms with E-state index in [-0.39, 0.29) is 28.8 Å². The van der Waals surface area contributed by atoms with Crippen molar-refractivity contribution in [1.82, 2.24) is 9.71 Å². The van der Waals surface area contributed by atoms with E-state index >= 15 is 0 Å². The highest BCUT2D eigenvalue weighted by Crippen LogP contribution is 2.31. The highest BCUT2D eigenvalue weighted by molar-refractivity contribution is 7.89. The number of aliphatic carboxylic acids is 1. The Morgan fingerprint density at radius 2 is 1.82 bits per heavy atom. The average Bonchev–Trinajstić information content (AvgIpc) is 3.11. The van der Waals surface area contributed by atoms with Gasteiger partial charge in [0, 0.05) is 5.56 Å². The first-order chi connectivity index (χ1) is 15.4. The third-order valence-electron chi connectivity index (χ3n) is 4.59. The topological polar surface area (TPSA) is 119 Å². The molecule has 176 valence electrons. The molecule has 0 spiro atoms. The molecule has 0 unspecified atom stereocenters. The smallest absolute Gasteiger partial charge is 0.416 e. The van der Waals surface area contributed by atoms with Crippen molar-refractivity contribution >= 4 is 16.0 Å². The molecule has 33 heavy (non-hydrogen) atoms. The molecule has 0 aliphatic heterocycles. The molecule has 0 fully saturated rings. The number of ether oxygens (including phenoxy) is 1. The fourth-order valence-corrected chi connectivity index (χ4v) is 3.93. The Balaban J connectivity index is 1.72. The van der Waals surface area contributed by atoms with Gasteiger partial charge in [-0.2, -0.15) is 13.2 Å². The predicted octanol–water partition coefficient (Wildman–Crippen LogP) is 3.92. The van der Waals surface area contributed by atoms with E-state index in [9.17, 15) is 26.4 Å². The van der Waals surface area contributed by atoms with Crippen LogP contribution in [-0.2, 0) is 27.5 Å². The van der Waals surface area contributed by atoms with Crippen LogP contribution < -0.4 is 9.46 Å². The number of carbonyl (C=O) groups is 1. The van der Waals surface area contributed by atoms with Gasteiger partial charge in [0.05, 0.1) is 22.7 Å². The Labute approximate surface area is 187 Å². The van der Waals surface area contributed by atoms with Crippen molar-refractivity contribution in [2.45, 2.75) is 31.5 Å². The molecule has 8 nitrogen and oxygen atoms in total. The maximum Gasteiger partial charge on any atom is 0.416 e. The van der Waals surface area contributed by atoms with Crippen molar-refractivity contribution in [3.05, 3.63) is 65.0 Å². The molecule has 1 heterocycles. The first-order valence-electron chi connectivity index (χ1n) is 9.45. The van der Waals surface area contributed by atoms with Crippen LogP contribution in [0.2, 0.25) is 0 Å². The fourth-order valence-electron chi connectivity index (χ4n) is 2.85. The van der Waals surface area contributed by atoms with Gasteiger partial charge in [-0.15, -0.1) is 0 Å². The Bertz CT molecular complexity index is 1270. The lowest BCUT2D eigenvalue weighted by Gasteiger charge is -2.10. The molecule has 3 aromatic rings. The summed E-state index contributed by atoms with van der Waals surface area (Å²) in [6.45, 7) is 2.36. The third-order valence-corrected chi connectivity index (χ3v) is 5.99. The molecule has 0 saturated heterocycles. The van der Waals surface area contributed by atoms with E-state index in [0.29, 0.717) is 16.9 Å². The van der Waals surface area contributed by atoms with Gasteiger partial charge in [0.1, 0.15) is 11.5 Å². The van der Waals surface area contributed by atoms with E-state index in [1.165, 1.54) is 30.3 Å². The second kappa shape index (κ2) is 9.24. The van der Waals surface area contributed by atoms with Crippen LogP contribution in [0.5, 0.6) is 5.75 Å². The normalized spacial score (nSPS) is 12.0. The molecule has 3 rings (SSSR count). The lowest BCUT2D eigenvalue weighted by Crippen LogP contribution is -2.24. The van der Waals surface area contributed by atoms with Crippen molar-refractivity contribution in [3.8, 4) is 17.2 Å². The molecular formula is C21H19F3N2O6S. The SMILES string of the molecule is Cc1cc(S(=O)(=O)NCc2nc(-c3ccc(C(F)(F)F)cc3)oc2C)ccc1OCC(=O)O. The van der Waals surface area contributed by atoms with E-state index < -0.39 is 34.3 Å². The molecule has 12 heteroatoms. The zero-order valence-corrected chi connectivity index (χ0v) is 18.2. The molecule has 0 aliphatic carbocycles. The van der Waals surface area contributed by atoms with Crippen molar-refractivity contribution < 1.29 is 40.6 Å². The summed E-state index contributed by atoms with van der Waals surface area (Å²) in [5.41, 5.74) is 0.206. The summed E-state index contributed by atoms with van der Waals surface area (Å²) in [7, 11) is -3.95. The monoisotopic (exact) mass is 484 g/mol. The Hall–Kier alpha value is -3.38. The summed E-state index contributed by atoms with van der Waals surface area (Å²) in [6.07, 6.45) is -4.46. The lowest BCUT2D eigenvalue weighted by atomic mass is 10.1. The Morgan fingerprint density at radius 3 is 2.39 bits per heavy atom. The second-order valence-corrected chi connectivity index (χ2v) is 8.80. The van der Waals surface area contributed by atoms with Crippen LogP contribution in [-0.4, -0.2) is 31.1 Å². The zero-order valence-electron chi connectivity index (χ0n) is 17.4. The van der Waals surface area contributed by atoms with Crippen molar-refractivity contribution in [2.24, 2.45) is 0 Å². The van der Waals surface area contributed by atoms with Gasteiger partial charge in [-0.1, -0.05) is 0 Å². The quantitative estimate of drug-likeness (QED) is 0.497. The largest absolute Gasteiger partial charge is 0.482 e. The number of hydrogen-bond donors (Lipinski definition) is 2. The van der Waals surface area contributed by atoms with Crippen LogP contribution in [0.25, 0.3) is 11.5 Å². The Kier molecular flexibility index (Phi) is 6.79. The van der Waals surface area contributed by atoms with Gasteiger partial charge in [-0.3, -0.25) is 0 Å². The summed E-state index contributed by atoms with van der Waals surface area (Å²) in [5.74, 6) is -0.552. The number of oxazole rings is 1. The molecular weight excluding hydrogens is 465 g/mol. The standard InChI is InChI=1S/C21H19F3N2O6S/c1-12-9-16(7-8-18(12)31-11-19(27)28)33(29,30)25-10-17-13(2)32-20(26-17)14-3-5-15(6-4-14)21(22,23)24/h3-9,25H,10-11H2,1-2H3,(H,27,28). The van der Waals surface area contributed by atoms with Crippen LogP contribution in [0.15, 0.2) is 51.8 Å². The molecule has 0 atom stereocenters. The summed E-state index contributed by atoms with van der Waals surface area (Å²) in [4.78, 5) is 14.7. The zero-order chi connectivity index (χ0) is 24.4. The minimum Gasteiger partial charge on any atom is -0.482 e. The molecule has 2 aromatic carbocycles. The average molecular weight is 484 g/mol. The maximum atomic E-state index is 12.7. The highest BCUT2D eigenvalue weighted by Gasteiger charge is 2.30. The van der Waals surface area contributed by atoms with E-state index in [4.69, 9.17) is 14.3 Å². The number of alkyl halides is 3. The number of aryl methyl sites for hydroxylation is 2. The predicted molar refractivity (Wildman–Crippen MR) is 110 cm³/mol. The van der Waals surface area contributed by atoms with Crippen molar-refractivity contribution in [3.63, 3.8) is 0 Å². The summed E-state index contributed by atoms with van der Waals surface area (Å²) >= 11 is 0. The van der Waals surface area contributed by atoms with Crippen LogP contribution in [0.4, 0.5) is 13.2 Å². The fraction of sp³-hybridized carbons (Fsp3) is 0.238. The number of carboxylic acids is 1. The number of carboxylic acid groups (broad SMARTS) is 1. The molecule has 0 radical (unpaired) electrons. The molecule has 0 amide bonds. The van der Waals surface area contributed by atoms with Crippen LogP contribution >= 0.6 is 0 Å². The second-order valence-electron chi connectivity index (χ2n) is 7.03. The molecule has 0 bridgehead atoms. The number of halogens is 3. The van der Waals surface area contributed by atoms with E-state index in [0.717, 1.165) is 12.1 Å².